The van der Waals surface area contributed by atoms with Crippen LogP contribution in [-0.4, -0.2) is 54.0 Å². The number of carbonyl (C=O) groups is 1. The molecule has 0 aliphatic carbocycles. The molecule has 0 radical (unpaired) electrons. The van der Waals surface area contributed by atoms with Crippen LogP contribution in [0.5, 0.6) is 17.2 Å². The summed E-state index contributed by atoms with van der Waals surface area (Å²) in [5, 5.41) is 5.02. The summed E-state index contributed by atoms with van der Waals surface area (Å²) in [6.07, 6.45) is 2.64. The van der Waals surface area contributed by atoms with Crippen molar-refractivity contribution < 1.29 is 50.3 Å². The minimum Gasteiger partial charge on any atom is -0.493 e. The van der Waals surface area contributed by atoms with Crippen LogP contribution in [0.3, 0.4) is 0 Å². The van der Waals surface area contributed by atoms with E-state index in [1.165, 1.54) is 60.9 Å². The van der Waals surface area contributed by atoms with Crippen molar-refractivity contribution >= 4 is 44.2 Å². The molecule has 0 aliphatic rings. The van der Waals surface area contributed by atoms with Crippen molar-refractivity contribution in [1.82, 2.24) is 9.55 Å². The summed E-state index contributed by atoms with van der Waals surface area (Å²) in [5.41, 5.74) is -2.55. The summed E-state index contributed by atoms with van der Waals surface area (Å²) < 4.78 is 91.1. The highest BCUT2D eigenvalue weighted by Gasteiger charge is 2.51. The molecule has 0 atom stereocenters. The Morgan fingerprint density at radius 1 is 0.830 bits per heavy atom. The first-order chi connectivity index (χ1) is 25.3. The number of hydrogen-bond donors (Lipinski definition) is 2. The first kappa shape index (κ1) is 41.6. The predicted molar refractivity (Wildman–Crippen MR) is 196 cm³/mol. The van der Waals surface area contributed by atoms with Crippen molar-refractivity contribution in [2.24, 2.45) is 0 Å². The van der Waals surface area contributed by atoms with Gasteiger partial charge in [0.15, 0.2) is 17.3 Å². The molecule has 0 spiro atoms. The number of anilines is 2. The summed E-state index contributed by atoms with van der Waals surface area (Å²) in [5.74, 6) is -2.96. The number of rotatable bonds is 19. The lowest BCUT2D eigenvalue weighted by Crippen LogP contribution is -2.29. The van der Waals surface area contributed by atoms with Gasteiger partial charge in [-0.2, -0.15) is 0 Å². The fourth-order valence-electron chi connectivity index (χ4n) is 4.92. The summed E-state index contributed by atoms with van der Waals surface area (Å²) in [6.45, 7) is 7.85. The molecule has 1 amide bonds. The highest BCUT2D eigenvalue weighted by molar-refractivity contribution is 7.72. The Bertz CT molecular complexity index is 2010. The second-order valence-electron chi connectivity index (χ2n) is 10.6. The number of carbonyl (C=O) groups excluding carboxylic acids is 1. The van der Waals surface area contributed by atoms with Crippen molar-refractivity contribution in [2.45, 2.75) is 40.1 Å². The van der Waals surface area contributed by atoms with Crippen molar-refractivity contribution in [3.8, 4) is 22.9 Å². The Hall–Kier alpha value is -4.14. The quantitative estimate of drug-likeness (QED) is 0.0867. The van der Waals surface area contributed by atoms with Gasteiger partial charge in [0, 0.05) is 35.9 Å². The van der Waals surface area contributed by atoms with E-state index < -0.39 is 43.8 Å². The lowest BCUT2D eigenvalue weighted by atomic mass is 10.2. The molecule has 4 rings (SSSR count). The van der Waals surface area contributed by atoms with Gasteiger partial charge in [-0.05, 0) is 77.1 Å². The fraction of sp³-hybridized carbons (Fsp3) is 0.324. The second kappa shape index (κ2) is 18.8. The number of aromatic nitrogens is 2. The highest BCUT2D eigenvalue weighted by Crippen LogP contribution is 2.70. The Morgan fingerprint density at radius 2 is 1.43 bits per heavy atom. The van der Waals surface area contributed by atoms with Gasteiger partial charge in [0.2, 0.25) is 5.52 Å². The molecule has 2 N–H and O–H groups in total. The third-order valence-corrected chi connectivity index (χ3v) is 13.0. The molecule has 0 saturated heterocycles. The molecule has 14 nitrogen and oxygen atoms in total. The predicted octanol–water partition coefficient (Wildman–Crippen LogP) is 8.84. The summed E-state index contributed by atoms with van der Waals surface area (Å²) >= 11 is 6.62. The van der Waals surface area contributed by atoms with Gasteiger partial charge in [0.25, 0.3) is 11.5 Å². The summed E-state index contributed by atoms with van der Waals surface area (Å²) in [7, 11) is -8.51. The van der Waals surface area contributed by atoms with Crippen LogP contribution in [0.1, 0.15) is 45.0 Å². The van der Waals surface area contributed by atoms with E-state index in [1.807, 2.05) is 0 Å². The standard InChI is InChI=1S/C34H39ClF2N4O10P2/c1-6-46-27-18-20-41(24-14-11-22(36)12-15-24)33(43)29(27)32(42)39-23-13-16-26(25(37)21-23)51-28-17-19-38-31(30(28)35)40-34(52(44,47-7-2)48-8-3)53(45,49-9-4)50-10-5/h11-21,34H,6-10H2,1-5H3,(H,38,40)(H,39,42). The molecule has 4 aromatic rings. The molecule has 0 unspecified atom stereocenters. The SMILES string of the molecule is CCOc1ccn(-c2ccc(F)cc2)c(=O)c1C(=O)Nc1ccc(Oc2ccnc(NC(P(=O)(OCC)OCC)P(=O)(OCC)OCC)c2Cl)c(F)c1. The van der Waals surface area contributed by atoms with E-state index in [4.69, 9.17) is 39.2 Å². The third kappa shape index (κ3) is 9.89. The smallest absolute Gasteiger partial charge is 0.365 e. The van der Waals surface area contributed by atoms with Crippen LogP contribution in [-0.2, 0) is 27.2 Å². The average Bonchev–Trinajstić information content (AvgIpc) is 3.10. The number of pyridine rings is 2. The van der Waals surface area contributed by atoms with E-state index in [0.717, 1.165) is 10.6 Å². The van der Waals surface area contributed by atoms with E-state index in [0.29, 0.717) is 5.69 Å². The van der Waals surface area contributed by atoms with Crippen molar-refractivity contribution in [3.63, 3.8) is 0 Å². The molecule has 0 fully saturated rings. The van der Waals surface area contributed by atoms with Crippen LogP contribution in [0.25, 0.3) is 5.69 Å². The van der Waals surface area contributed by atoms with Crippen LogP contribution in [0, 0.1) is 11.6 Å². The zero-order valence-corrected chi connectivity index (χ0v) is 32.0. The maximum Gasteiger partial charge on any atom is 0.365 e. The number of benzene rings is 2. The van der Waals surface area contributed by atoms with E-state index in [9.17, 15) is 23.1 Å². The van der Waals surface area contributed by atoms with E-state index in [1.54, 1.807) is 34.6 Å². The monoisotopic (exact) mass is 798 g/mol. The molecule has 286 valence electrons. The van der Waals surface area contributed by atoms with Gasteiger partial charge < -0.3 is 38.2 Å². The maximum atomic E-state index is 15.5. The van der Waals surface area contributed by atoms with Gasteiger partial charge in [0.05, 0.1) is 33.0 Å². The summed E-state index contributed by atoms with van der Waals surface area (Å²) in [4.78, 5) is 31.0. The molecule has 2 heterocycles. The fourth-order valence-corrected chi connectivity index (χ4v) is 10.0. The van der Waals surface area contributed by atoms with Gasteiger partial charge in [-0.15, -0.1) is 0 Å². The van der Waals surface area contributed by atoms with Gasteiger partial charge in [-0.3, -0.25) is 23.3 Å². The number of ether oxygens (including phenoxy) is 2. The normalized spacial score (nSPS) is 11.8. The van der Waals surface area contributed by atoms with Crippen molar-refractivity contribution in [2.75, 3.05) is 43.7 Å². The van der Waals surface area contributed by atoms with E-state index in [2.05, 4.69) is 15.6 Å². The van der Waals surface area contributed by atoms with Gasteiger partial charge in [-0.25, -0.2) is 13.8 Å². The van der Waals surface area contributed by atoms with Crippen molar-refractivity contribution in [3.05, 3.63) is 99.6 Å². The highest BCUT2D eigenvalue weighted by atomic mass is 35.5. The van der Waals surface area contributed by atoms with Crippen LogP contribution >= 0.6 is 26.8 Å². The zero-order valence-electron chi connectivity index (χ0n) is 29.5. The zero-order chi connectivity index (χ0) is 38.8. The van der Waals surface area contributed by atoms with Crippen LogP contribution < -0.4 is 25.7 Å². The van der Waals surface area contributed by atoms with Crippen LogP contribution in [0.15, 0.2) is 71.8 Å². The van der Waals surface area contributed by atoms with Gasteiger partial charge >= 0.3 is 15.2 Å². The Labute approximate surface area is 309 Å². The largest absolute Gasteiger partial charge is 0.493 e. The number of nitrogens with one attached hydrogen (secondary N) is 2. The molecule has 0 bridgehead atoms. The minimum atomic E-state index is -4.26. The lowest BCUT2D eigenvalue weighted by molar-refractivity contribution is 0.102. The summed E-state index contributed by atoms with van der Waals surface area (Å²) in [6, 6.07) is 11.3. The van der Waals surface area contributed by atoms with Crippen molar-refractivity contribution in [1.29, 1.82) is 0 Å². The third-order valence-electron chi connectivity index (χ3n) is 7.05. The number of nitrogens with zero attached hydrogens (tertiary/aromatic N) is 2. The Morgan fingerprint density at radius 3 is 1.98 bits per heavy atom. The molecule has 0 saturated carbocycles. The molecule has 0 aliphatic heterocycles. The minimum absolute atomic E-state index is 0.00879. The molecule has 2 aromatic heterocycles. The Balaban J connectivity index is 1.62. The first-order valence-electron chi connectivity index (χ1n) is 16.5. The lowest BCUT2D eigenvalue weighted by Gasteiger charge is -2.32. The van der Waals surface area contributed by atoms with Gasteiger partial charge in [0.1, 0.15) is 28.0 Å². The van der Waals surface area contributed by atoms with E-state index >= 15 is 4.39 Å². The molecule has 2 aromatic carbocycles. The average molecular weight is 799 g/mol. The number of amides is 1. The van der Waals surface area contributed by atoms with Crippen LogP contribution in [0.2, 0.25) is 5.02 Å². The molecule has 53 heavy (non-hydrogen) atoms. The van der Waals surface area contributed by atoms with E-state index in [-0.39, 0.29) is 72.4 Å². The Kier molecular flexibility index (Phi) is 14.7. The topological polar surface area (TPSA) is 166 Å². The molecular weight excluding hydrogens is 760 g/mol. The van der Waals surface area contributed by atoms with Crippen LogP contribution in [0.4, 0.5) is 20.3 Å². The first-order valence-corrected chi connectivity index (χ1v) is 20.1. The number of hydrogen-bond acceptors (Lipinski definition) is 12. The molecule has 19 heteroatoms. The molecular formula is C34H39ClF2N4O10P2. The maximum absolute atomic E-state index is 15.5. The second-order valence-corrected chi connectivity index (χ2v) is 15.6. The number of halogens is 3. The van der Waals surface area contributed by atoms with Gasteiger partial charge in [-0.1, -0.05) is 11.6 Å².